The second kappa shape index (κ2) is 9.61. The molecule has 1 aromatic heterocycles. The molecule has 0 unspecified atom stereocenters. The van der Waals surface area contributed by atoms with Gasteiger partial charge in [-0.15, -0.1) is 0 Å². The van der Waals surface area contributed by atoms with Crippen molar-refractivity contribution in [3.63, 3.8) is 0 Å². The molecule has 3 aromatic rings. The molecule has 2 aromatic carbocycles. The topological polar surface area (TPSA) is 77.8 Å². The highest BCUT2D eigenvalue weighted by molar-refractivity contribution is 7.80. The second-order valence-electron chi connectivity index (χ2n) is 7.22. The molecule has 0 spiro atoms. The molecule has 7 nitrogen and oxygen atoms in total. The van der Waals surface area contributed by atoms with Gasteiger partial charge in [0.15, 0.2) is 10.9 Å². The third-order valence-electron chi connectivity index (χ3n) is 5.10. The van der Waals surface area contributed by atoms with Crippen molar-refractivity contribution in [1.82, 2.24) is 10.2 Å². The fourth-order valence-corrected chi connectivity index (χ4v) is 3.66. The summed E-state index contributed by atoms with van der Waals surface area (Å²) in [5, 5.41) is 5.61. The first kappa shape index (κ1) is 21.5. The van der Waals surface area contributed by atoms with Gasteiger partial charge in [0.2, 0.25) is 0 Å². The molecule has 1 fully saturated rings. The molecule has 0 radical (unpaired) electrons. The summed E-state index contributed by atoms with van der Waals surface area (Å²) in [4.78, 5) is 28.5. The van der Waals surface area contributed by atoms with E-state index in [1.807, 2.05) is 24.3 Å². The smallest absolute Gasteiger partial charge is 0.289 e. The Hall–Kier alpha value is -3.72. The molecule has 164 valence electrons. The fraction of sp³-hybridized carbons (Fsp3) is 0.174. The fourth-order valence-electron chi connectivity index (χ4n) is 3.45. The Morgan fingerprint density at radius 3 is 2.38 bits per heavy atom. The minimum Gasteiger partial charge on any atom is -0.459 e. The predicted octanol–water partition coefficient (Wildman–Crippen LogP) is 3.51. The number of anilines is 2. The Bertz CT molecular complexity index is 1110. The SMILES string of the molecule is O=C(NC(=S)Nc1ccc(N2CCN(C(=O)c3ccco3)CC2)cc1)c1cccc(F)c1. The van der Waals surface area contributed by atoms with Crippen molar-refractivity contribution in [2.24, 2.45) is 0 Å². The largest absolute Gasteiger partial charge is 0.459 e. The van der Waals surface area contributed by atoms with Gasteiger partial charge in [-0.25, -0.2) is 4.39 Å². The molecule has 9 heteroatoms. The van der Waals surface area contributed by atoms with Crippen LogP contribution >= 0.6 is 12.2 Å². The number of benzene rings is 2. The third kappa shape index (κ3) is 5.12. The number of furan rings is 1. The van der Waals surface area contributed by atoms with E-state index in [0.29, 0.717) is 37.6 Å². The van der Waals surface area contributed by atoms with E-state index in [2.05, 4.69) is 15.5 Å². The summed E-state index contributed by atoms with van der Waals surface area (Å²) in [6.07, 6.45) is 1.50. The van der Waals surface area contributed by atoms with Gasteiger partial charge in [-0.3, -0.25) is 14.9 Å². The van der Waals surface area contributed by atoms with Gasteiger partial charge in [0.1, 0.15) is 5.82 Å². The zero-order valence-corrected chi connectivity index (χ0v) is 17.9. The van der Waals surface area contributed by atoms with Crippen molar-refractivity contribution in [3.05, 3.63) is 84.1 Å². The highest BCUT2D eigenvalue weighted by Gasteiger charge is 2.23. The van der Waals surface area contributed by atoms with Gasteiger partial charge in [0, 0.05) is 43.1 Å². The first-order valence-electron chi connectivity index (χ1n) is 10.1. The number of hydrogen-bond acceptors (Lipinski definition) is 5. The maximum absolute atomic E-state index is 13.3. The maximum Gasteiger partial charge on any atom is 0.289 e. The predicted molar refractivity (Wildman–Crippen MR) is 123 cm³/mol. The van der Waals surface area contributed by atoms with Crippen LogP contribution in [0.3, 0.4) is 0 Å². The van der Waals surface area contributed by atoms with E-state index < -0.39 is 11.7 Å². The van der Waals surface area contributed by atoms with Gasteiger partial charge in [0.05, 0.1) is 6.26 Å². The Morgan fingerprint density at radius 1 is 0.969 bits per heavy atom. The Labute approximate surface area is 189 Å². The van der Waals surface area contributed by atoms with Crippen LogP contribution in [0.4, 0.5) is 15.8 Å². The zero-order chi connectivity index (χ0) is 22.5. The van der Waals surface area contributed by atoms with E-state index in [1.165, 1.54) is 24.5 Å². The number of carbonyl (C=O) groups is 2. The van der Waals surface area contributed by atoms with Crippen LogP contribution in [0.25, 0.3) is 0 Å². The third-order valence-corrected chi connectivity index (χ3v) is 5.31. The lowest BCUT2D eigenvalue weighted by molar-refractivity contribution is 0.0714. The van der Waals surface area contributed by atoms with Crippen LogP contribution in [0.1, 0.15) is 20.9 Å². The molecule has 1 saturated heterocycles. The van der Waals surface area contributed by atoms with Crippen LogP contribution in [0.5, 0.6) is 0 Å². The van der Waals surface area contributed by atoms with Crippen molar-refractivity contribution in [1.29, 1.82) is 0 Å². The van der Waals surface area contributed by atoms with E-state index in [9.17, 15) is 14.0 Å². The number of halogens is 1. The van der Waals surface area contributed by atoms with Crippen LogP contribution in [-0.4, -0.2) is 48.0 Å². The quantitative estimate of drug-likeness (QED) is 0.590. The molecule has 2 amide bonds. The van der Waals surface area contributed by atoms with Crippen LogP contribution in [0, 0.1) is 5.82 Å². The van der Waals surface area contributed by atoms with Crippen molar-refractivity contribution in [2.75, 3.05) is 36.4 Å². The molecule has 2 heterocycles. The molecule has 0 saturated carbocycles. The normalized spacial score (nSPS) is 13.5. The van der Waals surface area contributed by atoms with Gasteiger partial charge in [-0.1, -0.05) is 6.07 Å². The van der Waals surface area contributed by atoms with E-state index in [1.54, 1.807) is 17.0 Å². The van der Waals surface area contributed by atoms with Crippen molar-refractivity contribution < 1.29 is 18.4 Å². The molecule has 0 bridgehead atoms. The summed E-state index contributed by atoms with van der Waals surface area (Å²) in [5.74, 6) is -0.712. The maximum atomic E-state index is 13.3. The summed E-state index contributed by atoms with van der Waals surface area (Å²) in [6.45, 7) is 2.63. The number of rotatable bonds is 4. The summed E-state index contributed by atoms with van der Waals surface area (Å²) >= 11 is 5.18. The molecule has 0 aliphatic carbocycles. The van der Waals surface area contributed by atoms with E-state index in [4.69, 9.17) is 16.6 Å². The first-order valence-corrected chi connectivity index (χ1v) is 10.5. The van der Waals surface area contributed by atoms with Crippen LogP contribution in [0.2, 0.25) is 0 Å². The molecule has 0 atom stereocenters. The van der Waals surface area contributed by atoms with E-state index in [-0.39, 0.29) is 16.6 Å². The number of amides is 2. The van der Waals surface area contributed by atoms with Crippen molar-refractivity contribution >= 4 is 40.5 Å². The molecule has 4 rings (SSSR count). The Balaban J connectivity index is 1.28. The number of nitrogens with zero attached hydrogens (tertiary/aromatic N) is 2. The molecule has 1 aliphatic heterocycles. The second-order valence-corrected chi connectivity index (χ2v) is 7.63. The van der Waals surface area contributed by atoms with Crippen molar-refractivity contribution in [2.45, 2.75) is 0 Å². The first-order chi connectivity index (χ1) is 15.5. The average molecular weight is 453 g/mol. The summed E-state index contributed by atoms with van der Waals surface area (Å²) in [5.41, 5.74) is 1.93. The average Bonchev–Trinajstić information content (AvgIpc) is 3.34. The number of nitrogens with one attached hydrogen (secondary N) is 2. The summed E-state index contributed by atoms with van der Waals surface area (Å²) in [6, 6.07) is 16.4. The Kier molecular flexibility index (Phi) is 6.46. The number of piperazine rings is 1. The highest BCUT2D eigenvalue weighted by atomic mass is 32.1. The van der Waals surface area contributed by atoms with Gasteiger partial charge < -0.3 is 19.5 Å². The van der Waals surface area contributed by atoms with E-state index in [0.717, 1.165) is 11.8 Å². The lowest BCUT2D eigenvalue weighted by Crippen LogP contribution is -2.48. The monoisotopic (exact) mass is 452 g/mol. The summed E-state index contributed by atoms with van der Waals surface area (Å²) < 4.78 is 18.5. The van der Waals surface area contributed by atoms with E-state index >= 15 is 0 Å². The lowest BCUT2D eigenvalue weighted by Gasteiger charge is -2.35. The molecule has 32 heavy (non-hydrogen) atoms. The molecule has 2 N–H and O–H groups in total. The minimum atomic E-state index is -0.488. The van der Waals surface area contributed by atoms with Crippen molar-refractivity contribution in [3.8, 4) is 0 Å². The van der Waals surface area contributed by atoms with Gasteiger partial charge in [0.25, 0.3) is 11.8 Å². The number of hydrogen-bond donors (Lipinski definition) is 2. The minimum absolute atomic E-state index is 0.0944. The lowest BCUT2D eigenvalue weighted by atomic mass is 10.2. The number of carbonyl (C=O) groups excluding carboxylic acids is 2. The van der Waals surface area contributed by atoms with Gasteiger partial charge in [-0.2, -0.15) is 0 Å². The van der Waals surface area contributed by atoms with Crippen LogP contribution in [0.15, 0.2) is 71.3 Å². The van der Waals surface area contributed by atoms with Crippen LogP contribution < -0.4 is 15.5 Å². The number of thiocarbonyl (C=S) groups is 1. The molecule has 1 aliphatic rings. The highest BCUT2D eigenvalue weighted by Crippen LogP contribution is 2.20. The molecular formula is C23H21FN4O3S. The van der Waals surface area contributed by atoms with Crippen LogP contribution in [-0.2, 0) is 0 Å². The standard InChI is InChI=1S/C23H21FN4O3S/c24-17-4-1-3-16(15-17)21(29)26-23(32)25-18-6-8-19(9-7-18)27-10-12-28(13-11-27)22(30)20-5-2-14-31-20/h1-9,14-15H,10-13H2,(H2,25,26,29,32). The van der Waals surface area contributed by atoms with Gasteiger partial charge >= 0.3 is 0 Å². The Morgan fingerprint density at radius 2 is 1.72 bits per heavy atom. The molecular weight excluding hydrogens is 431 g/mol. The van der Waals surface area contributed by atoms with Gasteiger partial charge in [-0.05, 0) is 66.8 Å². The summed E-state index contributed by atoms with van der Waals surface area (Å²) in [7, 11) is 0. The zero-order valence-electron chi connectivity index (χ0n) is 17.1.